The van der Waals surface area contributed by atoms with Crippen LogP contribution in [0.2, 0.25) is 0 Å². The van der Waals surface area contributed by atoms with Crippen LogP contribution in [-0.4, -0.2) is 10.9 Å². The lowest BCUT2D eigenvalue weighted by Crippen LogP contribution is -2.24. The molecule has 0 aromatic heterocycles. The zero-order valence-corrected chi connectivity index (χ0v) is 11.4. The standard InChI is InChI=1S/C18H18O2/c19-17-7-3-4-13(10-17)11-18(20)16-9-8-14-5-1-2-6-15(14)12-16/h1-7,10,16,19H,8-9,11-12H2. The average Bonchev–Trinajstić information content (AvgIpc) is 2.47. The molecule has 0 bridgehead atoms. The van der Waals surface area contributed by atoms with E-state index in [-0.39, 0.29) is 17.5 Å². The van der Waals surface area contributed by atoms with E-state index in [2.05, 4.69) is 18.2 Å². The largest absolute Gasteiger partial charge is 0.508 e. The van der Waals surface area contributed by atoms with Gasteiger partial charge in [-0.3, -0.25) is 4.79 Å². The van der Waals surface area contributed by atoms with Crippen LogP contribution in [0.4, 0.5) is 0 Å². The van der Waals surface area contributed by atoms with Crippen molar-refractivity contribution in [2.24, 2.45) is 5.92 Å². The second-order valence-corrected chi connectivity index (χ2v) is 5.52. The maximum atomic E-state index is 12.4. The van der Waals surface area contributed by atoms with Gasteiger partial charge in [0.1, 0.15) is 11.5 Å². The van der Waals surface area contributed by atoms with Crippen LogP contribution < -0.4 is 0 Å². The van der Waals surface area contributed by atoms with Crippen LogP contribution in [0.15, 0.2) is 48.5 Å². The van der Waals surface area contributed by atoms with Gasteiger partial charge < -0.3 is 5.11 Å². The Balaban J connectivity index is 1.70. The minimum atomic E-state index is 0.118. The lowest BCUT2D eigenvalue weighted by molar-refractivity contribution is -0.122. The highest BCUT2D eigenvalue weighted by molar-refractivity contribution is 5.84. The third-order valence-electron chi connectivity index (χ3n) is 4.09. The van der Waals surface area contributed by atoms with E-state index in [9.17, 15) is 9.90 Å². The Labute approximate surface area is 119 Å². The molecule has 2 aromatic carbocycles. The van der Waals surface area contributed by atoms with Gasteiger partial charge in [0.25, 0.3) is 0 Å². The van der Waals surface area contributed by atoms with E-state index in [0.717, 1.165) is 24.8 Å². The van der Waals surface area contributed by atoms with Crippen molar-refractivity contribution in [3.63, 3.8) is 0 Å². The Morgan fingerprint density at radius 3 is 2.70 bits per heavy atom. The minimum absolute atomic E-state index is 0.118. The van der Waals surface area contributed by atoms with Crippen molar-refractivity contribution in [3.8, 4) is 5.75 Å². The zero-order valence-electron chi connectivity index (χ0n) is 11.4. The lowest BCUT2D eigenvalue weighted by Gasteiger charge is -2.23. The number of hydrogen-bond acceptors (Lipinski definition) is 2. The molecule has 1 atom stereocenters. The maximum Gasteiger partial charge on any atom is 0.140 e. The van der Waals surface area contributed by atoms with E-state index in [1.54, 1.807) is 18.2 Å². The second kappa shape index (κ2) is 5.49. The summed E-state index contributed by atoms with van der Waals surface area (Å²) in [5.41, 5.74) is 3.59. The highest BCUT2D eigenvalue weighted by Crippen LogP contribution is 2.27. The molecular formula is C18H18O2. The summed E-state index contributed by atoms with van der Waals surface area (Å²) in [5, 5.41) is 9.46. The summed E-state index contributed by atoms with van der Waals surface area (Å²) in [6.45, 7) is 0. The molecule has 102 valence electrons. The molecule has 0 heterocycles. The molecule has 0 saturated carbocycles. The number of ketones is 1. The number of aryl methyl sites for hydroxylation is 1. The quantitative estimate of drug-likeness (QED) is 0.925. The highest BCUT2D eigenvalue weighted by Gasteiger charge is 2.24. The Morgan fingerprint density at radius 1 is 1.10 bits per heavy atom. The van der Waals surface area contributed by atoms with Gasteiger partial charge in [0.05, 0.1) is 0 Å². The molecule has 0 saturated heterocycles. The monoisotopic (exact) mass is 266 g/mol. The van der Waals surface area contributed by atoms with Crippen molar-refractivity contribution < 1.29 is 9.90 Å². The number of Topliss-reactive ketones (excluding diaryl/α,β-unsaturated/α-hetero) is 1. The molecule has 1 unspecified atom stereocenters. The number of aromatic hydroxyl groups is 1. The smallest absolute Gasteiger partial charge is 0.140 e. The summed E-state index contributed by atoms with van der Waals surface area (Å²) in [6, 6.07) is 15.4. The van der Waals surface area contributed by atoms with Gasteiger partial charge in [-0.25, -0.2) is 0 Å². The molecule has 0 fully saturated rings. The van der Waals surface area contributed by atoms with Crippen LogP contribution in [0.1, 0.15) is 23.1 Å². The fourth-order valence-electron chi connectivity index (χ4n) is 2.98. The fraction of sp³-hybridized carbons (Fsp3) is 0.278. The van der Waals surface area contributed by atoms with Gasteiger partial charge in [-0.1, -0.05) is 36.4 Å². The normalized spacial score (nSPS) is 17.5. The number of rotatable bonds is 3. The molecule has 20 heavy (non-hydrogen) atoms. The van der Waals surface area contributed by atoms with E-state index in [0.29, 0.717) is 6.42 Å². The SMILES string of the molecule is O=C(Cc1cccc(O)c1)C1CCc2ccccc2C1. The van der Waals surface area contributed by atoms with E-state index in [1.165, 1.54) is 11.1 Å². The Hall–Kier alpha value is -2.09. The molecule has 2 aromatic rings. The molecular weight excluding hydrogens is 248 g/mol. The van der Waals surface area contributed by atoms with Crippen molar-refractivity contribution >= 4 is 5.78 Å². The van der Waals surface area contributed by atoms with Crippen molar-refractivity contribution in [2.75, 3.05) is 0 Å². The molecule has 0 aliphatic heterocycles. The average molecular weight is 266 g/mol. The number of carbonyl (C=O) groups is 1. The Kier molecular flexibility index (Phi) is 3.55. The number of hydrogen-bond donors (Lipinski definition) is 1. The van der Waals surface area contributed by atoms with Crippen molar-refractivity contribution in [3.05, 3.63) is 65.2 Å². The summed E-state index contributed by atoms with van der Waals surface area (Å²) >= 11 is 0. The minimum Gasteiger partial charge on any atom is -0.508 e. The number of phenols is 1. The lowest BCUT2D eigenvalue weighted by atomic mass is 9.80. The second-order valence-electron chi connectivity index (χ2n) is 5.52. The van der Waals surface area contributed by atoms with Crippen LogP contribution >= 0.6 is 0 Å². The van der Waals surface area contributed by atoms with Gasteiger partial charge in [0, 0.05) is 12.3 Å². The molecule has 1 aliphatic carbocycles. The van der Waals surface area contributed by atoms with Crippen LogP contribution in [-0.2, 0) is 24.1 Å². The number of fused-ring (bicyclic) bond motifs is 1. The first-order valence-corrected chi connectivity index (χ1v) is 7.10. The van der Waals surface area contributed by atoms with Crippen molar-refractivity contribution in [1.82, 2.24) is 0 Å². The summed E-state index contributed by atoms with van der Waals surface area (Å²) in [5.74, 6) is 0.627. The first-order chi connectivity index (χ1) is 9.72. The molecule has 2 nitrogen and oxygen atoms in total. The van der Waals surface area contributed by atoms with Gasteiger partial charge in [-0.15, -0.1) is 0 Å². The van der Waals surface area contributed by atoms with Crippen molar-refractivity contribution in [1.29, 1.82) is 0 Å². The third kappa shape index (κ3) is 2.74. The first-order valence-electron chi connectivity index (χ1n) is 7.10. The molecule has 0 spiro atoms. The summed E-state index contributed by atoms with van der Waals surface area (Å²) < 4.78 is 0. The summed E-state index contributed by atoms with van der Waals surface area (Å²) in [4.78, 5) is 12.4. The predicted molar refractivity (Wildman–Crippen MR) is 78.8 cm³/mol. The van der Waals surface area contributed by atoms with E-state index < -0.39 is 0 Å². The van der Waals surface area contributed by atoms with E-state index in [1.807, 2.05) is 12.1 Å². The molecule has 0 amide bonds. The fourth-order valence-corrected chi connectivity index (χ4v) is 2.98. The summed E-state index contributed by atoms with van der Waals surface area (Å²) in [6.07, 6.45) is 3.20. The third-order valence-corrected chi connectivity index (χ3v) is 4.09. The van der Waals surface area contributed by atoms with Gasteiger partial charge in [-0.05, 0) is 48.1 Å². The number of benzene rings is 2. The molecule has 3 rings (SSSR count). The Morgan fingerprint density at radius 2 is 1.90 bits per heavy atom. The van der Waals surface area contributed by atoms with Crippen LogP contribution in [0.5, 0.6) is 5.75 Å². The molecule has 1 aliphatic rings. The molecule has 0 radical (unpaired) electrons. The van der Waals surface area contributed by atoms with E-state index >= 15 is 0 Å². The van der Waals surface area contributed by atoms with Gasteiger partial charge in [-0.2, -0.15) is 0 Å². The number of phenolic OH excluding ortho intramolecular Hbond substituents is 1. The van der Waals surface area contributed by atoms with Crippen LogP contribution in [0, 0.1) is 5.92 Å². The molecule has 1 N–H and O–H groups in total. The Bertz CT molecular complexity index is 631. The maximum absolute atomic E-state index is 12.4. The van der Waals surface area contributed by atoms with Crippen LogP contribution in [0.25, 0.3) is 0 Å². The number of carbonyl (C=O) groups excluding carboxylic acids is 1. The predicted octanol–water partition coefficient (Wildman–Crippen LogP) is 3.31. The first kappa shape index (κ1) is 12.9. The summed E-state index contributed by atoms with van der Waals surface area (Å²) in [7, 11) is 0. The van der Waals surface area contributed by atoms with Crippen molar-refractivity contribution in [2.45, 2.75) is 25.7 Å². The highest BCUT2D eigenvalue weighted by atomic mass is 16.3. The van der Waals surface area contributed by atoms with Gasteiger partial charge >= 0.3 is 0 Å². The zero-order chi connectivity index (χ0) is 13.9. The van der Waals surface area contributed by atoms with E-state index in [4.69, 9.17) is 0 Å². The van der Waals surface area contributed by atoms with Crippen LogP contribution in [0.3, 0.4) is 0 Å². The topological polar surface area (TPSA) is 37.3 Å². The van der Waals surface area contributed by atoms with Gasteiger partial charge in [0.15, 0.2) is 0 Å². The molecule has 2 heteroatoms. The van der Waals surface area contributed by atoms with Gasteiger partial charge in [0.2, 0.25) is 0 Å².